The first kappa shape index (κ1) is 14.6. The molecular formula is C16H17N3O2S. The second-order valence-corrected chi connectivity index (χ2v) is 6.20. The van der Waals surface area contributed by atoms with Gasteiger partial charge in [0.05, 0.1) is 13.1 Å². The van der Waals surface area contributed by atoms with E-state index >= 15 is 0 Å². The molecule has 1 aliphatic rings. The molecule has 5 nitrogen and oxygen atoms in total. The SMILES string of the molecule is O=C(NCc1cccs1)C1CN(Cc2ccccc2)C(=O)N1. The van der Waals surface area contributed by atoms with E-state index in [1.54, 1.807) is 16.2 Å². The van der Waals surface area contributed by atoms with Gasteiger partial charge < -0.3 is 15.5 Å². The minimum Gasteiger partial charge on any atom is -0.349 e. The van der Waals surface area contributed by atoms with Crippen molar-refractivity contribution in [3.63, 3.8) is 0 Å². The van der Waals surface area contributed by atoms with E-state index < -0.39 is 6.04 Å². The quantitative estimate of drug-likeness (QED) is 0.886. The molecule has 0 spiro atoms. The van der Waals surface area contributed by atoms with Gasteiger partial charge in [-0.05, 0) is 17.0 Å². The Morgan fingerprint density at radius 1 is 1.27 bits per heavy atom. The summed E-state index contributed by atoms with van der Waals surface area (Å²) in [5, 5.41) is 7.57. The monoisotopic (exact) mass is 315 g/mol. The van der Waals surface area contributed by atoms with Crippen molar-refractivity contribution in [2.45, 2.75) is 19.1 Å². The first-order chi connectivity index (χ1) is 10.7. The number of nitrogens with zero attached hydrogens (tertiary/aromatic N) is 1. The molecule has 1 unspecified atom stereocenters. The first-order valence-corrected chi connectivity index (χ1v) is 8.00. The Morgan fingerprint density at radius 2 is 2.09 bits per heavy atom. The summed E-state index contributed by atoms with van der Waals surface area (Å²) in [7, 11) is 0. The molecule has 0 radical (unpaired) electrons. The number of amides is 3. The second kappa shape index (κ2) is 6.62. The summed E-state index contributed by atoms with van der Waals surface area (Å²) >= 11 is 1.60. The van der Waals surface area contributed by atoms with E-state index in [0.29, 0.717) is 19.6 Å². The molecule has 2 N–H and O–H groups in total. The van der Waals surface area contributed by atoms with Crippen molar-refractivity contribution in [2.75, 3.05) is 6.54 Å². The molecule has 0 bridgehead atoms. The Labute approximate surface area is 132 Å². The van der Waals surface area contributed by atoms with Crippen molar-refractivity contribution < 1.29 is 9.59 Å². The van der Waals surface area contributed by atoms with Gasteiger partial charge in [-0.25, -0.2) is 4.79 Å². The van der Waals surface area contributed by atoms with Crippen LogP contribution in [0.5, 0.6) is 0 Å². The number of thiophene rings is 1. The zero-order chi connectivity index (χ0) is 15.4. The van der Waals surface area contributed by atoms with Gasteiger partial charge in [0.2, 0.25) is 5.91 Å². The van der Waals surface area contributed by atoms with Gasteiger partial charge in [-0.3, -0.25) is 4.79 Å². The summed E-state index contributed by atoms with van der Waals surface area (Å²) < 4.78 is 0. The molecule has 1 atom stereocenters. The lowest BCUT2D eigenvalue weighted by atomic mass is 10.2. The van der Waals surface area contributed by atoms with Gasteiger partial charge in [-0.1, -0.05) is 36.4 Å². The van der Waals surface area contributed by atoms with Crippen molar-refractivity contribution in [3.05, 3.63) is 58.3 Å². The Morgan fingerprint density at radius 3 is 2.82 bits per heavy atom. The summed E-state index contributed by atoms with van der Waals surface area (Å²) in [4.78, 5) is 26.9. The molecule has 6 heteroatoms. The van der Waals surface area contributed by atoms with Gasteiger partial charge in [0.15, 0.2) is 0 Å². The van der Waals surface area contributed by atoms with Crippen molar-refractivity contribution in [1.82, 2.24) is 15.5 Å². The standard InChI is InChI=1S/C16H17N3O2S/c20-15(17-9-13-7-4-8-22-13)14-11-19(16(21)18-14)10-12-5-2-1-3-6-12/h1-8,14H,9-11H2,(H,17,20)(H,18,21). The fourth-order valence-electron chi connectivity index (χ4n) is 2.39. The molecule has 1 fully saturated rings. The van der Waals surface area contributed by atoms with Gasteiger partial charge >= 0.3 is 6.03 Å². The molecule has 2 aromatic rings. The van der Waals surface area contributed by atoms with E-state index in [1.165, 1.54) is 0 Å². The normalized spacial score (nSPS) is 17.4. The third-order valence-electron chi connectivity index (χ3n) is 3.54. The zero-order valence-corrected chi connectivity index (χ0v) is 12.8. The van der Waals surface area contributed by atoms with Crippen LogP contribution in [0.3, 0.4) is 0 Å². The molecule has 1 aliphatic heterocycles. The maximum absolute atomic E-state index is 12.1. The van der Waals surface area contributed by atoms with Crippen molar-refractivity contribution in [2.24, 2.45) is 0 Å². The third kappa shape index (κ3) is 3.46. The highest BCUT2D eigenvalue weighted by Gasteiger charge is 2.33. The predicted octanol–water partition coefficient (Wildman–Crippen LogP) is 1.96. The number of hydrogen-bond donors (Lipinski definition) is 2. The van der Waals surface area contributed by atoms with E-state index in [0.717, 1.165) is 10.4 Å². The van der Waals surface area contributed by atoms with Crippen molar-refractivity contribution in [3.8, 4) is 0 Å². The minimum absolute atomic E-state index is 0.141. The van der Waals surface area contributed by atoms with Crippen LogP contribution in [-0.2, 0) is 17.9 Å². The van der Waals surface area contributed by atoms with Crippen LogP contribution in [0.1, 0.15) is 10.4 Å². The topological polar surface area (TPSA) is 61.4 Å². The van der Waals surface area contributed by atoms with Gasteiger partial charge in [0, 0.05) is 11.4 Å². The van der Waals surface area contributed by atoms with Crippen LogP contribution in [0, 0.1) is 0 Å². The highest BCUT2D eigenvalue weighted by molar-refractivity contribution is 7.09. The smallest absolute Gasteiger partial charge is 0.318 e. The maximum Gasteiger partial charge on any atom is 0.318 e. The molecular weight excluding hydrogens is 298 g/mol. The lowest BCUT2D eigenvalue weighted by Crippen LogP contribution is -2.42. The summed E-state index contributed by atoms with van der Waals surface area (Å²) in [5.41, 5.74) is 1.05. The Bertz CT molecular complexity index is 643. The number of hydrogen-bond acceptors (Lipinski definition) is 3. The van der Waals surface area contributed by atoms with Crippen LogP contribution >= 0.6 is 11.3 Å². The van der Waals surface area contributed by atoms with E-state index in [4.69, 9.17) is 0 Å². The second-order valence-electron chi connectivity index (χ2n) is 5.17. The van der Waals surface area contributed by atoms with Gasteiger partial charge in [0.1, 0.15) is 6.04 Å². The van der Waals surface area contributed by atoms with E-state index in [-0.39, 0.29) is 11.9 Å². The Hall–Kier alpha value is -2.34. The molecule has 1 saturated heterocycles. The number of urea groups is 1. The average Bonchev–Trinajstić information content (AvgIpc) is 3.16. The van der Waals surface area contributed by atoms with E-state index in [1.807, 2.05) is 47.8 Å². The molecule has 3 amide bonds. The van der Waals surface area contributed by atoms with Crippen LogP contribution < -0.4 is 10.6 Å². The van der Waals surface area contributed by atoms with Crippen molar-refractivity contribution >= 4 is 23.3 Å². The number of rotatable bonds is 5. The highest BCUT2D eigenvalue weighted by Crippen LogP contribution is 2.11. The fourth-order valence-corrected chi connectivity index (χ4v) is 3.03. The van der Waals surface area contributed by atoms with E-state index in [2.05, 4.69) is 10.6 Å². The Balaban J connectivity index is 1.53. The predicted molar refractivity (Wildman–Crippen MR) is 85.3 cm³/mol. The zero-order valence-electron chi connectivity index (χ0n) is 12.0. The van der Waals surface area contributed by atoms with Crippen LogP contribution in [-0.4, -0.2) is 29.4 Å². The average molecular weight is 315 g/mol. The molecule has 1 aromatic heterocycles. The fraction of sp³-hybridized carbons (Fsp3) is 0.250. The van der Waals surface area contributed by atoms with Crippen molar-refractivity contribution in [1.29, 1.82) is 0 Å². The molecule has 114 valence electrons. The minimum atomic E-state index is -0.490. The number of benzene rings is 1. The highest BCUT2D eigenvalue weighted by atomic mass is 32.1. The number of nitrogens with one attached hydrogen (secondary N) is 2. The van der Waals surface area contributed by atoms with Crippen LogP contribution in [0.4, 0.5) is 4.79 Å². The molecule has 2 heterocycles. The lowest BCUT2D eigenvalue weighted by Gasteiger charge is -2.14. The summed E-state index contributed by atoms with van der Waals surface area (Å²) in [5.74, 6) is -0.141. The number of carbonyl (C=O) groups excluding carboxylic acids is 2. The number of carbonyl (C=O) groups is 2. The summed E-state index contributed by atoms with van der Waals surface area (Å²) in [6.07, 6.45) is 0. The Kier molecular flexibility index (Phi) is 4.39. The molecule has 0 aliphatic carbocycles. The van der Waals surface area contributed by atoms with Gasteiger partial charge in [-0.15, -0.1) is 11.3 Å². The molecule has 22 heavy (non-hydrogen) atoms. The third-order valence-corrected chi connectivity index (χ3v) is 4.41. The van der Waals surface area contributed by atoms with Crippen LogP contribution in [0.15, 0.2) is 47.8 Å². The van der Waals surface area contributed by atoms with Gasteiger partial charge in [-0.2, -0.15) is 0 Å². The summed E-state index contributed by atoms with van der Waals surface area (Å²) in [6, 6.07) is 13.0. The van der Waals surface area contributed by atoms with E-state index in [9.17, 15) is 9.59 Å². The molecule has 0 saturated carbocycles. The molecule has 3 rings (SSSR count). The summed E-state index contributed by atoms with van der Waals surface area (Å²) in [6.45, 7) is 1.41. The van der Waals surface area contributed by atoms with Crippen LogP contribution in [0.25, 0.3) is 0 Å². The maximum atomic E-state index is 12.1. The first-order valence-electron chi connectivity index (χ1n) is 7.12. The largest absolute Gasteiger partial charge is 0.349 e. The van der Waals surface area contributed by atoms with Crippen LogP contribution in [0.2, 0.25) is 0 Å². The molecule has 1 aromatic carbocycles. The van der Waals surface area contributed by atoms with Gasteiger partial charge in [0.25, 0.3) is 0 Å². The lowest BCUT2D eigenvalue weighted by molar-refractivity contribution is -0.122.